The smallest absolute Gasteiger partial charge is 0.226 e. The molecule has 0 radical (unpaired) electrons. The molecule has 0 spiro atoms. The van der Waals surface area contributed by atoms with E-state index in [9.17, 15) is 9.59 Å². The van der Waals surface area contributed by atoms with Crippen molar-refractivity contribution in [3.8, 4) is 0 Å². The van der Waals surface area contributed by atoms with Gasteiger partial charge in [-0.1, -0.05) is 48.5 Å². The zero-order chi connectivity index (χ0) is 16.8. The van der Waals surface area contributed by atoms with Gasteiger partial charge in [-0.2, -0.15) is 0 Å². The summed E-state index contributed by atoms with van der Waals surface area (Å²) in [4.78, 5) is 25.9. The highest BCUT2D eigenvalue weighted by Crippen LogP contribution is 2.30. The van der Waals surface area contributed by atoms with Crippen molar-refractivity contribution in [2.75, 3.05) is 11.9 Å². The van der Waals surface area contributed by atoms with Crippen LogP contribution in [0.4, 0.5) is 5.69 Å². The van der Waals surface area contributed by atoms with Crippen LogP contribution >= 0.6 is 23.2 Å². The van der Waals surface area contributed by atoms with E-state index in [1.54, 1.807) is 25.1 Å². The summed E-state index contributed by atoms with van der Waals surface area (Å²) < 4.78 is 0. The van der Waals surface area contributed by atoms with E-state index < -0.39 is 0 Å². The number of halogens is 2. The van der Waals surface area contributed by atoms with Gasteiger partial charge in [-0.3, -0.25) is 9.59 Å². The predicted molar refractivity (Wildman–Crippen MR) is 94.0 cm³/mol. The van der Waals surface area contributed by atoms with Gasteiger partial charge in [0.2, 0.25) is 11.8 Å². The van der Waals surface area contributed by atoms with Crippen molar-refractivity contribution >= 4 is 40.7 Å². The molecule has 4 nitrogen and oxygen atoms in total. The van der Waals surface area contributed by atoms with Crippen LogP contribution in [0.3, 0.4) is 0 Å². The Kier molecular flexibility index (Phi) is 6.72. The summed E-state index contributed by atoms with van der Waals surface area (Å²) in [6, 6.07) is 5.33. The standard InChI is InChI=1S/C17H22Cl2N2O2/c1-12(22)21(13-6-3-2-4-7-13)11-10-16(23)20-17-14(18)8-5-9-15(17)19/h5,8-9,13H,2-4,6-7,10-11H2,1H3,(H,20,23). The second-order valence-corrected chi connectivity index (χ2v) is 6.71. The fraction of sp³-hybridized carbons (Fsp3) is 0.529. The monoisotopic (exact) mass is 356 g/mol. The van der Waals surface area contributed by atoms with Crippen LogP contribution in [-0.2, 0) is 9.59 Å². The van der Waals surface area contributed by atoms with Crippen molar-refractivity contribution in [3.05, 3.63) is 28.2 Å². The molecule has 0 aliphatic heterocycles. The van der Waals surface area contributed by atoms with E-state index in [0.717, 1.165) is 25.7 Å². The van der Waals surface area contributed by atoms with Crippen molar-refractivity contribution in [2.45, 2.75) is 51.5 Å². The number of carbonyl (C=O) groups excluding carboxylic acids is 2. The highest BCUT2D eigenvalue weighted by Gasteiger charge is 2.23. The minimum absolute atomic E-state index is 0.0282. The van der Waals surface area contributed by atoms with Gasteiger partial charge >= 0.3 is 0 Å². The molecule has 1 aliphatic carbocycles. The van der Waals surface area contributed by atoms with E-state index in [1.165, 1.54) is 6.42 Å². The molecule has 2 amide bonds. The van der Waals surface area contributed by atoms with Gasteiger partial charge in [-0.25, -0.2) is 0 Å². The Morgan fingerprint density at radius 2 is 1.78 bits per heavy atom. The van der Waals surface area contributed by atoms with Gasteiger partial charge in [0.05, 0.1) is 15.7 Å². The molecule has 1 aromatic carbocycles. The number of hydrogen-bond acceptors (Lipinski definition) is 2. The minimum Gasteiger partial charge on any atom is -0.339 e. The molecule has 1 aliphatic rings. The highest BCUT2D eigenvalue weighted by atomic mass is 35.5. The van der Waals surface area contributed by atoms with Gasteiger partial charge in [0.1, 0.15) is 0 Å². The third kappa shape index (κ3) is 5.11. The highest BCUT2D eigenvalue weighted by molar-refractivity contribution is 6.39. The first kappa shape index (κ1) is 18.1. The molecule has 0 heterocycles. The Morgan fingerprint density at radius 3 is 2.35 bits per heavy atom. The second kappa shape index (κ2) is 8.55. The molecule has 0 saturated heterocycles. The molecule has 0 aromatic heterocycles. The van der Waals surface area contributed by atoms with Gasteiger partial charge in [0, 0.05) is 25.9 Å². The summed E-state index contributed by atoms with van der Waals surface area (Å²) in [5.41, 5.74) is 0.424. The fourth-order valence-corrected chi connectivity index (χ4v) is 3.52. The molecular formula is C17H22Cl2N2O2. The third-order valence-corrected chi connectivity index (χ3v) is 4.86. The molecule has 23 heavy (non-hydrogen) atoms. The average molecular weight is 357 g/mol. The van der Waals surface area contributed by atoms with E-state index in [4.69, 9.17) is 23.2 Å². The van der Waals surface area contributed by atoms with E-state index in [1.807, 2.05) is 4.90 Å². The lowest BCUT2D eigenvalue weighted by atomic mass is 9.94. The first-order chi connectivity index (χ1) is 11.0. The van der Waals surface area contributed by atoms with E-state index >= 15 is 0 Å². The maximum absolute atomic E-state index is 12.2. The number of hydrogen-bond donors (Lipinski definition) is 1. The van der Waals surface area contributed by atoms with Crippen LogP contribution in [0.1, 0.15) is 45.4 Å². The molecule has 0 atom stereocenters. The minimum atomic E-state index is -0.193. The lowest BCUT2D eigenvalue weighted by molar-refractivity contribution is -0.132. The summed E-state index contributed by atoms with van der Waals surface area (Å²) in [5.74, 6) is -0.164. The summed E-state index contributed by atoms with van der Waals surface area (Å²) in [7, 11) is 0. The Labute approximate surface area is 147 Å². The Bertz CT molecular complexity index is 551. The van der Waals surface area contributed by atoms with Crippen molar-refractivity contribution in [2.24, 2.45) is 0 Å². The third-order valence-electron chi connectivity index (χ3n) is 4.23. The van der Waals surface area contributed by atoms with Gasteiger partial charge in [-0.15, -0.1) is 0 Å². The molecule has 0 unspecified atom stereocenters. The fourth-order valence-electron chi connectivity index (χ4n) is 3.03. The molecule has 1 N–H and O–H groups in total. The molecule has 0 bridgehead atoms. The molecule has 1 fully saturated rings. The van der Waals surface area contributed by atoms with Crippen LogP contribution in [0.25, 0.3) is 0 Å². The molecule has 6 heteroatoms. The number of amides is 2. The first-order valence-electron chi connectivity index (χ1n) is 8.00. The number of para-hydroxylation sites is 1. The Hall–Kier alpha value is -1.26. The van der Waals surface area contributed by atoms with Crippen LogP contribution in [0.15, 0.2) is 18.2 Å². The van der Waals surface area contributed by atoms with Crippen LogP contribution in [0.5, 0.6) is 0 Å². The zero-order valence-corrected chi connectivity index (χ0v) is 14.8. The molecule has 2 rings (SSSR count). The normalized spacial score (nSPS) is 15.3. The first-order valence-corrected chi connectivity index (χ1v) is 8.75. The van der Waals surface area contributed by atoms with Crippen molar-refractivity contribution < 1.29 is 9.59 Å². The number of nitrogens with one attached hydrogen (secondary N) is 1. The predicted octanol–water partition coefficient (Wildman–Crippen LogP) is 4.50. The second-order valence-electron chi connectivity index (χ2n) is 5.90. The van der Waals surface area contributed by atoms with Gasteiger partial charge in [0.15, 0.2) is 0 Å². The molecule has 126 valence electrons. The Balaban J connectivity index is 1.92. The number of nitrogens with zero attached hydrogens (tertiary/aromatic N) is 1. The van der Waals surface area contributed by atoms with Crippen LogP contribution < -0.4 is 5.32 Å². The van der Waals surface area contributed by atoms with Crippen LogP contribution in [0.2, 0.25) is 10.0 Å². The number of rotatable bonds is 5. The van der Waals surface area contributed by atoms with Gasteiger partial charge < -0.3 is 10.2 Å². The van der Waals surface area contributed by atoms with E-state index in [2.05, 4.69) is 5.32 Å². The van der Waals surface area contributed by atoms with Crippen LogP contribution in [0, 0.1) is 0 Å². The van der Waals surface area contributed by atoms with Crippen molar-refractivity contribution in [1.82, 2.24) is 4.90 Å². The Morgan fingerprint density at radius 1 is 1.17 bits per heavy atom. The maximum Gasteiger partial charge on any atom is 0.226 e. The average Bonchev–Trinajstić information content (AvgIpc) is 2.52. The SMILES string of the molecule is CC(=O)N(CCC(=O)Nc1c(Cl)cccc1Cl)C1CCCCC1. The lowest BCUT2D eigenvalue weighted by Gasteiger charge is -2.33. The summed E-state index contributed by atoms with van der Waals surface area (Å²) >= 11 is 12.1. The van der Waals surface area contributed by atoms with Gasteiger partial charge in [0.25, 0.3) is 0 Å². The van der Waals surface area contributed by atoms with E-state index in [-0.39, 0.29) is 24.3 Å². The lowest BCUT2D eigenvalue weighted by Crippen LogP contribution is -2.41. The summed E-state index contributed by atoms with van der Waals surface area (Å²) in [6.07, 6.45) is 5.81. The van der Waals surface area contributed by atoms with Crippen molar-refractivity contribution in [1.29, 1.82) is 0 Å². The van der Waals surface area contributed by atoms with Crippen LogP contribution in [-0.4, -0.2) is 29.3 Å². The largest absolute Gasteiger partial charge is 0.339 e. The quantitative estimate of drug-likeness (QED) is 0.843. The van der Waals surface area contributed by atoms with Gasteiger partial charge in [-0.05, 0) is 25.0 Å². The topological polar surface area (TPSA) is 49.4 Å². The van der Waals surface area contributed by atoms with E-state index in [0.29, 0.717) is 22.3 Å². The summed E-state index contributed by atoms with van der Waals surface area (Å²) in [6.45, 7) is 1.99. The summed E-state index contributed by atoms with van der Waals surface area (Å²) in [5, 5.41) is 3.54. The maximum atomic E-state index is 12.2. The number of benzene rings is 1. The molecular weight excluding hydrogens is 335 g/mol. The number of carbonyl (C=O) groups is 2. The number of anilines is 1. The molecule has 1 saturated carbocycles. The van der Waals surface area contributed by atoms with Crippen molar-refractivity contribution in [3.63, 3.8) is 0 Å². The molecule has 1 aromatic rings. The zero-order valence-electron chi connectivity index (χ0n) is 13.3.